The van der Waals surface area contributed by atoms with Gasteiger partial charge in [-0.2, -0.15) is 0 Å². The first-order valence-corrected chi connectivity index (χ1v) is 10.1. The van der Waals surface area contributed by atoms with Crippen LogP contribution in [-0.2, 0) is 19.1 Å². The zero-order chi connectivity index (χ0) is 21.4. The summed E-state index contributed by atoms with van der Waals surface area (Å²) in [5.41, 5.74) is -5.41. The molecule has 0 saturated heterocycles. The molecule has 4 aliphatic carbocycles. The number of ketones is 1. The second-order valence-electron chi connectivity index (χ2n) is 9.66. The van der Waals surface area contributed by atoms with Crippen LogP contribution in [0.3, 0.4) is 0 Å². The SMILES string of the molecule is CC1CC2C3CCC4=CC(=O)C=C[C@]4(C)[C@@]3(F)C(O)C[C@]2(C)[C@@]1(OC=O)C(=O)O. The molecule has 3 saturated carbocycles. The second kappa shape index (κ2) is 6.00. The summed E-state index contributed by atoms with van der Waals surface area (Å²) in [6.45, 7) is 5.28. The van der Waals surface area contributed by atoms with Gasteiger partial charge in [0.2, 0.25) is 5.60 Å². The van der Waals surface area contributed by atoms with Gasteiger partial charge in [-0.05, 0) is 50.7 Å². The van der Waals surface area contributed by atoms with Crippen LogP contribution in [0.25, 0.3) is 0 Å². The van der Waals surface area contributed by atoms with Crippen molar-refractivity contribution >= 4 is 18.2 Å². The number of hydrogen-bond acceptors (Lipinski definition) is 5. The Morgan fingerprint density at radius 2 is 2.03 bits per heavy atom. The van der Waals surface area contributed by atoms with Gasteiger partial charge < -0.3 is 14.9 Å². The maximum absolute atomic E-state index is 16.9. The van der Waals surface area contributed by atoms with Crippen molar-refractivity contribution in [3.05, 3.63) is 23.8 Å². The van der Waals surface area contributed by atoms with Crippen LogP contribution in [0.1, 0.15) is 46.5 Å². The van der Waals surface area contributed by atoms with Gasteiger partial charge in [0, 0.05) is 22.7 Å². The molecule has 0 aromatic rings. The Labute approximate surface area is 168 Å². The third-order valence-electron chi connectivity index (χ3n) is 8.73. The number of aliphatic carboxylic acids is 1. The van der Waals surface area contributed by atoms with Crippen molar-refractivity contribution in [2.45, 2.75) is 63.8 Å². The highest BCUT2D eigenvalue weighted by Gasteiger charge is 2.77. The molecule has 158 valence electrons. The molecular formula is C22H27FO6. The Bertz CT molecular complexity index is 850. The molecule has 7 heteroatoms. The molecule has 0 spiro atoms. The summed E-state index contributed by atoms with van der Waals surface area (Å²) in [7, 11) is 0. The lowest BCUT2D eigenvalue weighted by atomic mass is 9.45. The minimum Gasteiger partial charge on any atom is -0.478 e. The minimum atomic E-state index is -2.03. The molecule has 2 N–H and O–H groups in total. The molecule has 6 nitrogen and oxygen atoms in total. The Balaban J connectivity index is 1.86. The van der Waals surface area contributed by atoms with E-state index in [9.17, 15) is 24.6 Å². The molecule has 8 atom stereocenters. The van der Waals surface area contributed by atoms with Crippen molar-refractivity contribution in [1.29, 1.82) is 0 Å². The number of hydrogen-bond donors (Lipinski definition) is 2. The van der Waals surface area contributed by atoms with Gasteiger partial charge >= 0.3 is 5.97 Å². The first-order chi connectivity index (χ1) is 13.5. The van der Waals surface area contributed by atoms with E-state index in [2.05, 4.69) is 0 Å². The largest absolute Gasteiger partial charge is 0.478 e. The smallest absolute Gasteiger partial charge is 0.349 e. The van der Waals surface area contributed by atoms with Crippen LogP contribution < -0.4 is 0 Å². The van der Waals surface area contributed by atoms with Crippen LogP contribution in [-0.4, -0.2) is 45.8 Å². The van der Waals surface area contributed by atoms with Gasteiger partial charge in [0.1, 0.15) is 0 Å². The summed E-state index contributed by atoms with van der Waals surface area (Å²) in [5.74, 6) is -2.97. The van der Waals surface area contributed by atoms with Crippen molar-refractivity contribution in [2.75, 3.05) is 0 Å². The van der Waals surface area contributed by atoms with E-state index >= 15 is 4.39 Å². The number of carboxylic acid groups (broad SMARTS) is 1. The topological polar surface area (TPSA) is 101 Å². The van der Waals surface area contributed by atoms with Gasteiger partial charge in [0.25, 0.3) is 6.47 Å². The van der Waals surface area contributed by atoms with Gasteiger partial charge in [-0.25, -0.2) is 9.18 Å². The van der Waals surface area contributed by atoms with Crippen LogP contribution in [0.5, 0.6) is 0 Å². The number of allylic oxidation sites excluding steroid dienone is 4. The number of ether oxygens (including phenoxy) is 1. The molecular weight excluding hydrogens is 379 g/mol. The Hall–Kier alpha value is -2.02. The number of fused-ring (bicyclic) bond motifs is 5. The normalized spacial score (nSPS) is 50.8. The predicted molar refractivity (Wildman–Crippen MR) is 100 cm³/mol. The van der Waals surface area contributed by atoms with Gasteiger partial charge in [0.05, 0.1) is 6.10 Å². The molecule has 4 rings (SSSR count). The number of carbonyl (C=O) groups excluding carboxylic acids is 2. The summed E-state index contributed by atoms with van der Waals surface area (Å²) in [5, 5.41) is 21.2. The van der Waals surface area contributed by atoms with Crippen molar-refractivity contribution in [1.82, 2.24) is 0 Å². The summed E-state index contributed by atoms with van der Waals surface area (Å²) < 4.78 is 22.2. The summed E-state index contributed by atoms with van der Waals surface area (Å²) in [6.07, 6.45) is 4.07. The third kappa shape index (κ3) is 2.12. The molecule has 29 heavy (non-hydrogen) atoms. The number of carbonyl (C=O) groups is 3. The quantitative estimate of drug-likeness (QED) is 0.699. The molecule has 4 aliphatic rings. The Kier molecular flexibility index (Phi) is 4.19. The van der Waals surface area contributed by atoms with E-state index in [1.165, 1.54) is 12.2 Å². The molecule has 0 amide bonds. The zero-order valence-electron chi connectivity index (χ0n) is 16.9. The lowest BCUT2D eigenvalue weighted by Crippen LogP contribution is -2.69. The molecule has 0 aromatic carbocycles. The molecule has 4 unspecified atom stereocenters. The summed E-state index contributed by atoms with van der Waals surface area (Å²) in [6, 6.07) is 0. The molecule has 0 aliphatic heterocycles. The van der Waals surface area contributed by atoms with Crippen LogP contribution >= 0.6 is 0 Å². The third-order valence-corrected chi connectivity index (χ3v) is 8.73. The van der Waals surface area contributed by atoms with Gasteiger partial charge in [-0.1, -0.05) is 25.5 Å². The van der Waals surface area contributed by atoms with Crippen LogP contribution in [0.2, 0.25) is 0 Å². The van der Waals surface area contributed by atoms with Crippen LogP contribution in [0.15, 0.2) is 23.8 Å². The Morgan fingerprint density at radius 1 is 1.34 bits per heavy atom. The monoisotopic (exact) mass is 406 g/mol. The number of aliphatic hydroxyl groups is 1. The first-order valence-electron chi connectivity index (χ1n) is 10.1. The average molecular weight is 406 g/mol. The average Bonchev–Trinajstić information content (AvgIpc) is 2.86. The number of aliphatic hydroxyl groups excluding tert-OH is 1. The van der Waals surface area contributed by atoms with E-state index in [0.29, 0.717) is 24.8 Å². The minimum absolute atomic E-state index is 0.139. The standard InChI is InChI=1S/C22H27FO6/c1-12-8-16-15-5-4-13-9-14(25)6-7-19(13,2)21(15,23)17(26)10-20(16,3)22(12,18(27)28)29-11-24/h6-7,9,11-12,15-17,26H,4-5,8,10H2,1-3H3,(H,27,28)/t12?,15?,16?,17?,19-,20-,21-,22-/m0/s1. The van der Waals surface area contributed by atoms with E-state index < -0.39 is 46.0 Å². The molecule has 0 bridgehead atoms. The van der Waals surface area contributed by atoms with E-state index in [1.54, 1.807) is 26.8 Å². The maximum atomic E-state index is 16.9. The number of rotatable bonds is 3. The van der Waals surface area contributed by atoms with Gasteiger partial charge in [-0.15, -0.1) is 0 Å². The van der Waals surface area contributed by atoms with Crippen LogP contribution in [0, 0.1) is 28.6 Å². The number of halogens is 1. The van der Waals surface area contributed by atoms with E-state index in [4.69, 9.17) is 4.74 Å². The molecule has 3 fully saturated rings. The van der Waals surface area contributed by atoms with Crippen molar-refractivity contribution in [3.63, 3.8) is 0 Å². The fraction of sp³-hybridized carbons (Fsp3) is 0.682. The summed E-state index contributed by atoms with van der Waals surface area (Å²) >= 11 is 0. The van der Waals surface area contributed by atoms with Crippen molar-refractivity contribution < 1.29 is 33.7 Å². The highest BCUT2D eigenvalue weighted by Crippen LogP contribution is 2.71. The summed E-state index contributed by atoms with van der Waals surface area (Å²) in [4.78, 5) is 35.5. The number of carboxylic acids is 1. The highest BCUT2D eigenvalue weighted by molar-refractivity contribution is 6.01. The predicted octanol–water partition coefficient (Wildman–Crippen LogP) is 2.60. The van der Waals surface area contributed by atoms with Crippen molar-refractivity contribution in [2.24, 2.45) is 28.6 Å². The van der Waals surface area contributed by atoms with Crippen molar-refractivity contribution in [3.8, 4) is 0 Å². The highest BCUT2D eigenvalue weighted by atomic mass is 19.1. The fourth-order valence-corrected chi connectivity index (χ4v) is 7.36. The second-order valence-corrected chi connectivity index (χ2v) is 9.66. The fourth-order valence-electron chi connectivity index (χ4n) is 7.36. The van der Waals surface area contributed by atoms with E-state index in [-0.39, 0.29) is 24.6 Å². The van der Waals surface area contributed by atoms with E-state index in [1.807, 2.05) is 0 Å². The van der Waals surface area contributed by atoms with E-state index in [0.717, 1.165) is 0 Å². The van der Waals surface area contributed by atoms with Gasteiger partial charge in [-0.3, -0.25) is 9.59 Å². The Morgan fingerprint density at radius 3 is 2.66 bits per heavy atom. The molecule has 0 heterocycles. The first kappa shape index (κ1) is 20.3. The lowest BCUT2D eigenvalue weighted by Gasteiger charge is -2.62. The lowest BCUT2D eigenvalue weighted by molar-refractivity contribution is -0.230. The maximum Gasteiger partial charge on any atom is 0.349 e. The zero-order valence-corrected chi connectivity index (χ0v) is 16.9. The van der Waals surface area contributed by atoms with Gasteiger partial charge in [0.15, 0.2) is 11.5 Å². The van der Waals surface area contributed by atoms with Crippen LogP contribution in [0.4, 0.5) is 4.39 Å². The molecule has 0 aromatic heterocycles. The number of alkyl halides is 1. The molecule has 0 radical (unpaired) electrons.